The van der Waals surface area contributed by atoms with E-state index in [1.165, 1.54) is 0 Å². The van der Waals surface area contributed by atoms with E-state index in [2.05, 4.69) is 5.16 Å². The third-order valence-electron chi connectivity index (χ3n) is 4.00. The van der Waals surface area contributed by atoms with Crippen LogP contribution in [0.25, 0.3) is 0 Å². The van der Waals surface area contributed by atoms with Crippen LogP contribution in [0, 0.1) is 0 Å². The molecule has 0 saturated heterocycles. The van der Waals surface area contributed by atoms with E-state index in [4.69, 9.17) is 9.57 Å². The molecule has 0 N–H and O–H groups in total. The summed E-state index contributed by atoms with van der Waals surface area (Å²) in [6.07, 6.45) is 0.581. The van der Waals surface area contributed by atoms with Gasteiger partial charge >= 0.3 is 0 Å². The molecule has 5 heteroatoms. The zero-order valence-electron chi connectivity index (χ0n) is 13.8. The first kappa shape index (κ1) is 16.1. The molecule has 5 nitrogen and oxygen atoms in total. The summed E-state index contributed by atoms with van der Waals surface area (Å²) in [4.78, 5) is 19.6. The van der Waals surface area contributed by atoms with Crippen LogP contribution in [0.1, 0.15) is 22.3 Å². The number of carbonyl (C=O) groups excluding carboxylic acids is 1. The monoisotopic (exact) mass is 324 g/mol. The van der Waals surface area contributed by atoms with Gasteiger partial charge in [-0.1, -0.05) is 35.5 Å². The molecule has 1 unspecified atom stereocenters. The van der Waals surface area contributed by atoms with Gasteiger partial charge in [-0.2, -0.15) is 0 Å². The summed E-state index contributed by atoms with van der Waals surface area (Å²) in [7, 11) is 3.38. The summed E-state index contributed by atoms with van der Waals surface area (Å²) in [6.45, 7) is 0.491. The molecule has 124 valence electrons. The lowest BCUT2D eigenvalue weighted by Crippen LogP contribution is -2.34. The van der Waals surface area contributed by atoms with Crippen LogP contribution in [-0.2, 0) is 4.84 Å². The Labute approximate surface area is 141 Å². The van der Waals surface area contributed by atoms with E-state index in [1.54, 1.807) is 43.3 Å². The Morgan fingerprint density at radius 3 is 2.58 bits per heavy atom. The van der Waals surface area contributed by atoms with E-state index in [0.717, 1.165) is 17.0 Å². The van der Waals surface area contributed by atoms with Gasteiger partial charge in [0, 0.05) is 19.0 Å². The maximum Gasteiger partial charge on any atom is 0.253 e. The zero-order chi connectivity index (χ0) is 16.9. The Morgan fingerprint density at radius 1 is 1.21 bits per heavy atom. The van der Waals surface area contributed by atoms with Crippen LogP contribution in [0.15, 0.2) is 59.8 Å². The average molecular weight is 324 g/mol. The van der Waals surface area contributed by atoms with Gasteiger partial charge in [0.25, 0.3) is 5.91 Å². The number of hydrogen-bond acceptors (Lipinski definition) is 4. The van der Waals surface area contributed by atoms with E-state index in [-0.39, 0.29) is 12.0 Å². The molecular formula is C19H20N2O3. The molecule has 3 rings (SSSR count). The normalized spacial score (nSPS) is 16.2. The lowest BCUT2D eigenvalue weighted by Gasteiger charge is -2.20. The maximum atomic E-state index is 12.5. The number of oxime groups is 1. The third-order valence-corrected chi connectivity index (χ3v) is 4.00. The number of amides is 1. The predicted molar refractivity (Wildman–Crippen MR) is 92.4 cm³/mol. The summed E-state index contributed by atoms with van der Waals surface area (Å²) in [5.74, 6) is 0.684. The van der Waals surface area contributed by atoms with Crippen molar-refractivity contribution in [1.29, 1.82) is 0 Å². The van der Waals surface area contributed by atoms with Crippen LogP contribution in [-0.4, -0.2) is 43.3 Å². The number of hydrogen-bond donors (Lipinski definition) is 0. The Kier molecular flexibility index (Phi) is 4.79. The van der Waals surface area contributed by atoms with E-state index in [0.29, 0.717) is 18.5 Å². The highest BCUT2D eigenvalue weighted by Gasteiger charge is 2.25. The van der Waals surface area contributed by atoms with Gasteiger partial charge in [-0.3, -0.25) is 4.79 Å². The summed E-state index contributed by atoms with van der Waals surface area (Å²) in [5, 5.41) is 4.16. The lowest BCUT2D eigenvalue weighted by molar-refractivity contribution is 0.0482. The second-order valence-corrected chi connectivity index (χ2v) is 5.75. The van der Waals surface area contributed by atoms with Crippen LogP contribution in [0.3, 0.4) is 0 Å². The van der Waals surface area contributed by atoms with Gasteiger partial charge in [-0.15, -0.1) is 0 Å². The fraction of sp³-hybridized carbons (Fsp3) is 0.263. The van der Waals surface area contributed by atoms with Gasteiger partial charge in [-0.05, 0) is 29.8 Å². The van der Waals surface area contributed by atoms with Crippen LogP contribution < -0.4 is 4.74 Å². The largest absolute Gasteiger partial charge is 0.497 e. The number of likely N-dealkylation sites (N-methyl/N-ethyl adjacent to an activating group) is 1. The minimum atomic E-state index is -0.118. The topological polar surface area (TPSA) is 51.1 Å². The standard InChI is InChI=1S/C19H20N2O3/c1-21(19(22)15-8-10-16(23-2)11-9-15)13-17-12-18(20-24-17)14-6-4-3-5-7-14/h3-11,17H,12-13H2,1-2H3. The minimum absolute atomic E-state index is 0.0468. The molecule has 1 heterocycles. The van der Waals surface area contributed by atoms with Crippen molar-refractivity contribution in [3.8, 4) is 5.75 Å². The zero-order valence-corrected chi connectivity index (χ0v) is 13.8. The first-order valence-corrected chi connectivity index (χ1v) is 7.85. The fourth-order valence-electron chi connectivity index (χ4n) is 2.67. The predicted octanol–water partition coefficient (Wildman–Crippen LogP) is 2.96. The van der Waals surface area contributed by atoms with E-state index >= 15 is 0 Å². The Hall–Kier alpha value is -2.82. The van der Waals surface area contributed by atoms with Gasteiger partial charge in [0.2, 0.25) is 0 Å². The molecule has 2 aromatic carbocycles. The number of carbonyl (C=O) groups is 1. The van der Waals surface area contributed by atoms with Crippen LogP contribution in [0.2, 0.25) is 0 Å². The fourth-order valence-corrected chi connectivity index (χ4v) is 2.67. The van der Waals surface area contributed by atoms with Crippen molar-refractivity contribution in [2.45, 2.75) is 12.5 Å². The average Bonchev–Trinajstić information content (AvgIpc) is 3.10. The maximum absolute atomic E-state index is 12.5. The van der Waals surface area contributed by atoms with Crippen LogP contribution >= 0.6 is 0 Å². The van der Waals surface area contributed by atoms with Crippen molar-refractivity contribution in [3.05, 3.63) is 65.7 Å². The van der Waals surface area contributed by atoms with Crippen molar-refractivity contribution in [1.82, 2.24) is 4.90 Å². The lowest BCUT2D eigenvalue weighted by atomic mass is 10.0. The highest BCUT2D eigenvalue weighted by Crippen LogP contribution is 2.18. The van der Waals surface area contributed by atoms with E-state index < -0.39 is 0 Å². The van der Waals surface area contributed by atoms with Gasteiger partial charge in [0.15, 0.2) is 6.10 Å². The summed E-state index contributed by atoms with van der Waals surface area (Å²) in [6, 6.07) is 17.0. The van der Waals surface area contributed by atoms with Crippen molar-refractivity contribution in [2.75, 3.05) is 20.7 Å². The molecule has 1 aliphatic heterocycles. The van der Waals surface area contributed by atoms with Gasteiger partial charge in [0.1, 0.15) is 5.75 Å². The first-order valence-electron chi connectivity index (χ1n) is 7.85. The minimum Gasteiger partial charge on any atom is -0.497 e. The second kappa shape index (κ2) is 7.17. The van der Waals surface area contributed by atoms with E-state index in [9.17, 15) is 4.79 Å². The van der Waals surface area contributed by atoms with Crippen LogP contribution in [0.4, 0.5) is 0 Å². The molecular weight excluding hydrogens is 304 g/mol. The molecule has 0 aromatic heterocycles. The number of methoxy groups -OCH3 is 1. The molecule has 0 radical (unpaired) electrons. The SMILES string of the molecule is COc1ccc(C(=O)N(C)CC2CC(c3ccccc3)=NO2)cc1. The highest BCUT2D eigenvalue weighted by atomic mass is 16.6. The Bertz CT molecular complexity index is 726. The van der Waals surface area contributed by atoms with Crippen molar-refractivity contribution in [2.24, 2.45) is 5.16 Å². The van der Waals surface area contributed by atoms with Crippen molar-refractivity contribution < 1.29 is 14.4 Å². The molecule has 2 aromatic rings. The molecule has 0 saturated carbocycles. The number of ether oxygens (including phenoxy) is 1. The van der Waals surface area contributed by atoms with Crippen LogP contribution in [0.5, 0.6) is 5.75 Å². The van der Waals surface area contributed by atoms with Crippen molar-refractivity contribution >= 4 is 11.6 Å². The summed E-state index contributed by atoms with van der Waals surface area (Å²) >= 11 is 0. The molecule has 0 bridgehead atoms. The molecule has 0 aliphatic carbocycles. The first-order chi connectivity index (χ1) is 11.7. The molecule has 1 amide bonds. The number of benzene rings is 2. The Morgan fingerprint density at radius 2 is 1.92 bits per heavy atom. The highest BCUT2D eigenvalue weighted by molar-refractivity contribution is 6.01. The number of nitrogens with zero attached hydrogens (tertiary/aromatic N) is 2. The summed E-state index contributed by atoms with van der Waals surface area (Å²) < 4.78 is 5.11. The molecule has 1 aliphatic rings. The molecule has 1 atom stereocenters. The Balaban J connectivity index is 1.57. The van der Waals surface area contributed by atoms with E-state index in [1.807, 2.05) is 30.3 Å². The smallest absolute Gasteiger partial charge is 0.253 e. The van der Waals surface area contributed by atoms with Gasteiger partial charge in [0.05, 0.1) is 19.4 Å². The molecule has 0 fully saturated rings. The quantitative estimate of drug-likeness (QED) is 0.849. The molecule has 0 spiro atoms. The van der Waals surface area contributed by atoms with Gasteiger partial charge in [-0.25, -0.2) is 0 Å². The number of rotatable bonds is 5. The van der Waals surface area contributed by atoms with Crippen molar-refractivity contribution in [3.63, 3.8) is 0 Å². The second-order valence-electron chi connectivity index (χ2n) is 5.75. The van der Waals surface area contributed by atoms with Gasteiger partial charge < -0.3 is 14.5 Å². The third kappa shape index (κ3) is 3.56. The summed E-state index contributed by atoms with van der Waals surface area (Å²) in [5.41, 5.74) is 2.61. The molecule has 24 heavy (non-hydrogen) atoms.